The first-order valence-electron chi connectivity index (χ1n) is 7.64. The molecule has 4 bridgehead atoms. The van der Waals surface area contributed by atoms with E-state index in [1.54, 1.807) is 12.1 Å². The first-order chi connectivity index (χ1) is 9.20. The maximum atomic E-state index is 13.0. The van der Waals surface area contributed by atoms with Crippen LogP contribution in [0.15, 0.2) is 24.3 Å². The molecule has 0 heterocycles. The van der Waals surface area contributed by atoms with Crippen LogP contribution in [0.2, 0.25) is 0 Å². The third-order valence-corrected chi connectivity index (χ3v) is 5.88. The van der Waals surface area contributed by atoms with E-state index in [9.17, 15) is 9.50 Å². The van der Waals surface area contributed by atoms with Crippen molar-refractivity contribution in [1.82, 2.24) is 0 Å². The topological polar surface area (TPSA) is 20.2 Å². The lowest BCUT2D eigenvalue weighted by Gasteiger charge is -2.55. The van der Waals surface area contributed by atoms with Crippen molar-refractivity contribution in [3.63, 3.8) is 0 Å². The summed E-state index contributed by atoms with van der Waals surface area (Å²) >= 11 is 0. The Bertz CT molecular complexity index is 439. The quantitative estimate of drug-likeness (QED) is 0.854. The van der Waals surface area contributed by atoms with Gasteiger partial charge in [0.25, 0.3) is 0 Å². The van der Waals surface area contributed by atoms with Crippen LogP contribution in [0, 0.1) is 35.4 Å². The third-order valence-electron chi connectivity index (χ3n) is 5.88. The Kier molecular flexibility index (Phi) is 2.70. The molecule has 0 spiro atoms. The highest BCUT2D eigenvalue weighted by Crippen LogP contribution is 2.59. The highest BCUT2D eigenvalue weighted by molar-refractivity contribution is 5.20. The molecule has 1 nitrogen and oxygen atoms in total. The number of rotatable bonds is 2. The molecular weight excluding hydrogens is 239 g/mol. The molecule has 5 rings (SSSR count). The van der Waals surface area contributed by atoms with Crippen molar-refractivity contribution in [3.8, 4) is 0 Å². The SMILES string of the molecule is OC(c1ccc(F)cc1)C1C2CC3CC(C2)CC1C3. The first kappa shape index (κ1) is 11.9. The largest absolute Gasteiger partial charge is 0.388 e. The van der Waals surface area contributed by atoms with Crippen molar-refractivity contribution in [2.45, 2.75) is 38.2 Å². The molecule has 1 unspecified atom stereocenters. The molecule has 4 fully saturated rings. The normalized spacial score (nSPS) is 41.5. The van der Waals surface area contributed by atoms with Crippen molar-refractivity contribution in [2.75, 3.05) is 0 Å². The molecular formula is C17H21FO. The lowest BCUT2D eigenvalue weighted by atomic mass is 9.50. The molecule has 2 heteroatoms. The van der Waals surface area contributed by atoms with Crippen LogP contribution in [0.4, 0.5) is 4.39 Å². The van der Waals surface area contributed by atoms with Crippen LogP contribution < -0.4 is 0 Å². The molecule has 0 radical (unpaired) electrons. The molecule has 0 aromatic heterocycles. The van der Waals surface area contributed by atoms with Gasteiger partial charge in [0.2, 0.25) is 0 Å². The van der Waals surface area contributed by atoms with E-state index in [-0.39, 0.29) is 5.82 Å². The van der Waals surface area contributed by atoms with E-state index >= 15 is 0 Å². The Labute approximate surface area is 113 Å². The Morgan fingerprint density at radius 2 is 1.42 bits per heavy atom. The fraction of sp³-hybridized carbons (Fsp3) is 0.647. The molecule has 0 amide bonds. The number of aliphatic hydroxyl groups excluding tert-OH is 1. The van der Waals surface area contributed by atoms with Gasteiger partial charge in [0.1, 0.15) is 5.82 Å². The summed E-state index contributed by atoms with van der Waals surface area (Å²) < 4.78 is 13.0. The lowest BCUT2D eigenvalue weighted by Crippen LogP contribution is -2.47. The van der Waals surface area contributed by atoms with Crippen LogP contribution in [0.25, 0.3) is 0 Å². The van der Waals surface area contributed by atoms with Gasteiger partial charge < -0.3 is 5.11 Å². The summed E-state index contributed by atoms with van der Waals surface area (Å²) in [6.07, 6.45) is 6.31. The summed E-state index contributed by atoms with van der Waals surface area (Å²) in [4.78, 5) is 0. The smallest absolute Gasteiger partial charge is 0.123 e. The molecule has 4 aliphatic rings. The van der Waals surface area contributed by atoms with E-state index in [0.29, 0.717) is 17.8 Å². The highest BCUT2D eigenvalue weighted by atomic mass is 19.1. The minimum Gasteiger partial charge on any atom is -0.388 e. The molecule has 4 saturated carbocycles. The summed E-state index contributed by atoms with van der Waals surface area (Å²) in [5.41, 5.74) is 0.902. The van der Waals surface area contributed by atoms with Gasteiger partial charge in [0, 0.05) is 0 Å². The average Bonchev–Trinajstić information content (AvgIpc) is 2.38. The van der Waals surface area contributed by atoms with Gasteiger partial charge in [-0.1, -0.05) is 12.1 Å². The zero-order valence-corrected chi connectivity index (χ0v) is 11.1. The molecule has 4 aliphatic carbocycles. The standard InChI is InChI=1S/C17H21FO/c18-15-3-1-12(2-4-15)17(19)16-13-6-10-5-11(8-13)9-14(16)7-10/h1-4,10-11,13-14,16-17,19H,5-9H2. The fourth-order valence-electron chi connectivity index (χ4n) is 5.37. The van der Waals surface area contributed by atoms with Crippen LogP contribution >= 0.6 is 0 Å². The van der Waals surface area contributed by atoms with Crippen molar-refractivity contribution in [2.24, 2.45) is 29.6 Å². The van der Waals surface area contributed by atoms with Gasteiger partial charge in [0.15, 0.2) is 0 Å². The Hall–Kier alpha value is -0.890. The van der Waals surface area contributed by atoms with Gasteiger partial charge in [-0.05, 0) is 79.4 Å². The fourth-order valence-corrected chi connectivity index (χ4v) is 5.37. The second-order valence-electron chi connectivity index (χ2n) is 7.00. The van der Waals surface area contributed by atoms with Gasteiger partial charge in [-0.25, -0.2) is 4.39 Å². The monoisotopic (exact) mass is 260 g/mol. The molecule has 1 aromatic carbocycles. The predicted molar refractivity (Wildman–Crippen MR) is 71.9 cm³/mol. The first-order valence-corrected chi connectivity index (χ1v) is 7.64. The van der Waals surface area contributed by atoms with Crippen LogP contribution in [-0.2, 0) is 0 Å². The van der Waals surface area contributed by atoms with E-state index in [4.69, 9.17) is 0 Å². The zero-order chi connectivity index (χ0) is 13.0. The van der Waals surface area contributed by atoms with Crippen molar-refractivity contribution in [3.05, 3.63) is 35.6 Å². The number of hydrogen-bond acceptors (Lipinski definition) is 1. The molecule has 1 aromatic rings. The van der Waals surface area contributed by atoms with E-state index < -0.39 is 6.10 Å². The highest BCUT2D eigenvalue weighted by Gasteiger charge is 2.50. The predicted octanol–water partition coefficient (Wildman–Crippen LogP) is 3.93. The van der Waals surface area contributed by atoms with Crippen LogP contribution in [0.1, 0.15) is 43.8 Å². The lowest BCUT2D eigenvalue weighted by molar-refractivity contribution is -0.0908. The van der Waals surface area contributed by atoms with Gasteiger partial charge >= 0.3 is 0 Å². The summed E-state index contributed by atoms with van der Waals surface area (Å²) in [5.74, 6) is 3.46. The Morgan fingerprint density at radius 3 is 1.95 bits per heavy atom. The van der Waals surface area contributed by atoms with Crippen LogP contribution in [0.3, 0.4) is 0 Å². The number of halogens is 1. The van der Waals surface area contributed by atoms with E-state index in [2.05, 4.69) is 0 Å². The Balaban J connectivity index is 1.60. The minimum absolute atomic E-state index is 0.221. The van der Waals surface area contributed by atoms with Crippen LogP contribution in [-0.4, -0.2) is 5.11 Å². The maximum Gasteiger partial charge on any atom is 0.123 e. The molecule has 102 valence electrons. The summed E-state index contributed by atoms with van der Waals surface area (Å²) in [7, 11) is 0. The summed E-state index contributed by atoms with van der Waals surface area (Å²) in [6.45, 7) is 0. The minimum atomic E-state index is -0.393. The number of benzene rings is 1. The summed E-state index contributed by atoms with van der Waals surface area (Å²) in [6, 6.07) is 6.44. The molecule has 19 heavy (non-hydrogen) atoms. The van der Waals surface area contributed by atoms with E-state index in [0.717, 1.165) is 17.4 Å². The van der Waals surface area contributed by atoms with Gasteiger partial charge in [-0.3, -0.25) is 0 Å². The van der Waals surface area contributed by atoms with Crippen LogP contribution in [0.5, 0.6) is 0 Å². The molecule has 1 N–H and O–H groups in total. The van der Waals surface area contributed by atoms with Gasteiger partial charge in [0.05, 0.1) is 6.10 Å². The van der Waals surface area contributed by atoms with Crippen molar-refractivity contribution >= 4 is 0 Å². The Morgan fingerprint density at radius 1 is 0.895 bits per heavy atom. The van der Waals surface area contributed by atoms with E-state index in [1.165, 1.54) is 44.2 Å². The van der Waals surface area contributed by atoms with Crippen molar-refractivity contribution in [1.29, 1.82) is 0 Å². The van der Waals surface area contributed by atoms with Gasteiger partial charge in [-0.15, -0.1) is 0 Å². The second-order valence-corrected chi connectivity index (χ2v) is 7.00. The average molecular weight is 260 g/mol. The molecule has 0 aliphatic heterocycles. The van der Waals surface area contributed by atoms with E-state index in [1.807, 2.05) is 0 Å². The number of hydrogen-bond donors (Lipinski definition) is 1. The molecule has 0 saturated heterocycles. The second kappa shape index (κ2) is 4.31. The number of aliphatic hydroxyl groups is 1. The zero-order valence-electron chi connectivity index (χ0n) is 11.1. The van der Waals surface area contributed by atoms with Gasteiger partial charge in [-0.2, -0.15) is 0 Å². The van der Waals surface area contributed by atoms with Crippen molar-refractivity contribution < 1.29 is 9.50 Å². The molecule has 1 atom stereocenters. The maximum absolute atomic E-state index is 13.0. The third kappa shape index (κ3) is 1.92. The summed E-state index contributed by atoms with van der Waals surface area (Å²) in [5, 5.41) is 10.7.